The maximum Gasteiger partial charge on any atom is 0.252 e. The second kappa shape index (κ2) is 8.43. The third-order valence-electron chi connectivity index (χ3n) is 4.84. The Balaban J connectivity index is 1.98. The molecule has 0 aliphatic heterocycles. The van der Waals surface area contributed by atoms with Gasteiger partial charge in [-0.1, -0.05) is 24.8 Å². The van der Waals surface area contributed by atoms with Crippen molar-refractivity contribution in [1.82, 2.24) is 4.98 Å². The van der Waals surface area contributed by atoms with Crippen molar-refractivity contribution in [3.63, 3.8) is 0 Å². The van der Waals surface area contributed by atoms with Crippen molar-refractivity contribution in [2.24, 2.45) is 11.5 Å². The number of hydrogen-bond donors (Lipinski definition) is 4. The molecule has 7 heteroatoms. The van der Waals surface area contributed by atoms with E-state index in [1.807, 2.05) is 0 Å². The first-order valence-electron chi connectivity index (χ1n) is 9.12. The van der Waals surface area contributed by atoms with Crippen LogP contribution < -0.4 is 22.1 Å². The standard InChI is InChI=1S/C21H22N6O/c1-2-13-6-5-7-15(10-13)25-21-16(19(24)28)11-14(12-22)20(27-21)26-18-9-4-3-8-17(18)23/h1,5-7,10-11,17-18H,3-4,8-9,23H2,(H2,24,28)(H2,25,26,27)/t17-,18+/m0/s1. The highest BCUT2D eigenvalue weighted by Gasteiger charge is 2.24. The molecule has 0 saturated heterocycles. The molecule has 0 spiro atoms. The molecule has 1 aromatic heterocycles. The molecule has 3 rings (SSSR count). The lowest BCUT2D eigenvalue weighted by molar-refractivity contribution is 0.100. The first-order valence-corrected chi connectivity index (χ1v) is 9.12. The average Bonchev–Trinajstić information content (AvgIpc) is 2.70. The Morgan fingerprint density at radius 2 is 2.04 bits per heavy atom. The summed E-state index contributed by atoms with van der Waals surface area (Å²) in [5, 5.41) is 15.9. The number of terminal acetylenes is 1. The molecule has 1 fully saturated rings. The molecule has 0 bridgehead atoms. The zero-order chi connectivity index (χ0) is 20.1. The van der Waals surface area contributed by atoms with Crippen LogP contribution in [0, 0.1) is 23.7 Å². The van der Waals surface area contributed by atoms with Gasteiger partial charge in [0.2, 0.25) is 0 Å². The number of carbonyl (C=O) groups excluding carboxylic acids is 1. The summed E-state index contributed by atoms with van der Waals surface area (Å²) < 4.78 is 0. The van der Waals surface area contributed by atoms with Crippen LogP contribution in [0.1, 0.15) is 47.2 Å². The normalized spacial score (nSPS) is 18.5. The van der Waals surface area contributed by atoms with Gasteiger partial charge in [-0.2, -0.15) is 5.26 Å². The summed E-state index contributed by atoms with van der Waals surface area (Å²) >= 11 is 0. The molecule has 1 amide bonds. The third kappa shape index (κ3) is 4.22. The van der Waals surface area contributed by atoms with Crippen molar-refractivity contribution in [3.05, 3.63) is 47.0 Å². The molecule has 2 atom stereocenters. The summed E-state index contributed by atoms with van der Waals surface area (Å²) in [6, 6.07) is 10.7. The monoisotopic (exact) mass is 374 g/mol. The van der Waals surface area contributed by atoms with Crippen LogP contribution in [0.15, 0.2) is 30.3 Å². The largest absolute Gasteiger partial charge is 0.365 e. The van der Waals surface area contributed by atoms with Gasteiger partial charge < -0.3 is 22.1 Å². The van der Waals surface area contributed by atoms with Crippen molar-refractivity contribution < 1.29 is 4.79 Å². The Kier molecular flexibility index (Phi) is 5.78. The lowest BCUT2D eigenvalue weighted by atomic mass is 9.91. The van der Waals surface area contributed by atoms with Crippen LogP contribution in [0.5, 0.6) is 0 Å². The fourth-order valence-electron chi connectivity index (χ4n) is 3.33. The van der Waals surface area contributed by atoms with Gasteiger partial charge in [0.25, 0.3) is 5.91 Å². The number of nitrogens with one attached hydrogen (secondary N) is 2. The number of nitrogens with zero attached hydrogens (tertiary/aromatic N) is 2. The SMILES string of the molecule is C#Cc1cccc(Nc2nc(N[C@@H]3CCCC[C@@H]3N)c(C#N)cc2C(N)=O)c1. The zero-order valence-corrected chi connectivity index (χ0v) is 15.4. The van der Waals surface area contributed by atoms with Gasteiger partial charge in [0.15, 0.2) is 0 Å². The van der Waals surface area contributed by atoms with E-state index in [1.165, 1.54) is 6.07 Å². The quantitative estimate of drug-likeness (QED) is 0.595. The van der Waals surface area contributed by atoms with Crippen LogP contribution in [0.3, 0.4) is 0 Å². The highest BCUT2D eigenvalue weighted by molar-refractivity contribution is 5.99. The Bertz CT molecular complexity index is 972. The van der Waals surface area contributed by atoms with E-state index in [9.17, 15) is 10.1 Å². The predicted molar refractivity (Wildman–Crippen MR) is 109 cm³/mol. The zero-order valence-electron chi connectivity index (χ0n) is 15.4. The van der Waals surface area contributed by atoms with E-state index in [0.717, 1.165) is 25.7 Å². The molecule has 1 saturated carbocycles. The van der Waals surface area contributed by atoms with E-state index in [-0.39, 0.29) is 29.0 Å². The van der Waals surface area contributed by atoms with E-state index in [1.54, 1.807) is 24.3 Å². The van der Waals surface area contributed by atoms with E-state index in [0.29, 0.717) is 17.1 Å². The highest BCUT2D eigenvalue weighted by atomic mass is 16.1. The van der Waals surface area contributed by atoms with Crippen molar-refractivity contribution in [2.75, 3.05) is 10.6 Å². The molecule has 142 valence electrons. The topological polar surface area (TPSA) is 130 Å². The van der Waals surface area contributed by atoms with Gasteiger partial charge in [-0.15, -0.1) is 6.42 Å². The van der Waals surface area contributed by atoms with Crippen molar-refractivity contribution >= 4 is 23.2 Å². The molecule has 6 N–H and O–H groups in total. The van der Waals surface area contributed by atoms with E-state index < -0.39 is 5.91 Å². The number of primary amides is 1. The molecular weight excluding hydrogens is 352 g/mol. The number of rotatable bonds is 5. The number of benzene rings is 1. The van der Waals surface area contributed by atoms with Gasteiger partial charge in [-0.25, -0.2) is 4.98 Å². The van der Waals surface area contributed by atoms with Crippen molar-refractivity contribution in [3.8, 4) is 18.4 Å². The second-order valence-corrected chi connectivity index (χ2v) is 6.81. The molecule has 1 aromatic carbocycles. The molecule has 7 nitrogen and oxygen atoms in total. The van der Waals surface area contributed by atoms with Crippen LogP contribution >= 0.6 is 0 Å². The lowest BCUT2D eigenvalue weighted by Gasteiger charge is -2.30. The van der Waals surface area contributed by atoms with Crippen molar-refractivity contribution in [1.29, 1.82) is 5.26 Å². The Hall–Kier alpha value is -3.55. The molecule has 2 aromatic rings. The summed E-state index contributed by atoms with van der Waals surface area (Å²) in [6.45, 7) is 0. The van der Waals surface area contributed by atoms with Gasteiger partial charge in [-0.3, -0.25) is 4.79 Å². The van der Waals surface area contributed by atoms with Gasteiger partial charge in [0.05, 0.1) is 11.1 Å². The van der Waals surface area contributed by atoms with Crippen LogP contribution in [0.4, 0.5) is 17.3 Å². The van der Waals surface area contributed by atoms with Crippen molar-refractivity contribution in [2.45, 2.75) is 37.8 Å². The number of amides is 1. The molecule has 1 aliphatic carbocycles. The van der Waals surface area contributed by atoms with Gasteiger partial charge in [0.1, 0.15) is 17.7 Å². The number of nitriles is 1. The molecule has 28 heavy (non-hydrogen) atoms. The maximum absolute atomic E-state index is 11.9. The Morgan fingerprint density at radius 3 is 2.71 bits per heavy atom. The van der Waals surface area contributed by atoms with Gasteiger partial charge in [0, 0.05) is 23.3 Å². The number of pyridine rings is 1. The molecule has 0 unspecified atom stereocenters. The second-order valence-electron chi connectivity index (χ2n) is 6.81. The Labute approximate surface area is 164 Å². The number of nitrogens with two attached hydrogens (primary N) is 2. The number of hydrogen-bond acceptors (Lipinski definition) is 6. The first kappa shape index (κ1) is 19.2. The summed E-state index contributed by atoms with van der Waals surface area (Å²) in [5.74, 6) is 2.51. The fraction of sp³-hybridized carbons (Fsp3) is 0.286. The van der Waals surface area contributed by atoms with Gasteiger partial charge >= 0.3 is 0 Å². The molecule has 1 aliphatic rings. The maximum atomic E-state index is 11.9. The molecule has 0 radical (unpaired) electrons. The summed E-state index contributed by atoms with van der Waals surface area (Å²) in [4.78, 5) is 16.4. The van der Waals surface area contributed by atoms with Crippen LogP contribution in [0.25, 0.3) is 0 Å². The number of aromatic nitrogens is 1. The van der Waals surface area contributed by atoms with Crippen LogP contribution in [0.2, 0.25) is 0 Å². The third-order valence-corrected chi connectivity index (χ3v) is 4.84. The average molecular weight is 374 g/mol. The van der Waals surface area contributed by atoms with E-state index in [2.05, 4.69) is 27.6 Å². The van der Waals surface area contributed by atoms with Gasteiger partial charge in [-0.05, 0) is 37.1 Å². The highest BCUT2D eigenvalue weighted by Crippen LogP contribution is 2.27. The minimum atomic E-state index is -0.680. The number of anilines is 3. The minimum Gasteiger partial charge on any atom is -0.365 e. The van der Waals surface area contributed by atoms with E-state index >= 15 is 0 Å². The van der Waals surface area contributed by atoms with Crippen LogP contribution in [-0.2, 0) is 0 Å². The Morgan fingerprint density at radius 1 is 1.25 bits per heavy atom. The fourth-order valence-corrected chi connectivity index (χ4v) is 3.33. The molecule has 1 heterocycles. The minimum absolute atomic E-state index is 0.0124. The smallest absolute Gasteiger partial charge is 0.252 e. The number of carbonyl (C=O) groups is 1. The van der Waals surface area contributed by atoms with E-state index in [4.69, 9.17) is 17.9 Å². The summed E-state index contributed by atoms with van der Waals surface area (Å²) in [7, 11) is 0. The lowest BCUT2D eigenvalue weighted by Crippen LogP contribution is -2.43. The predicted octanol–water partition coefficient (Wildman–Crippen LogP) is 2.46. The van der Waals surface area contributed by atoms with Crippen LogP contribution in [-0.4, -0.2) is 23.0 Å². The molecular formula is C21H22N6O. The summed E-state index contributed by atoms with van der Waals surface area (Å²) in [6.07, 6.45) is 9.42. The summed E-state index contributed by atoms with van der Waals surface area (Å²) in [5.41, 5.74) is 13.4. The first-order chi connectivity index (χ1) is 13.5.